The molecule has 2 aromatic carbocycles. The molecule has 0 aliphatic heterocycles. The molecule has 0 radical (unpaired) electrons. The first-order valence-corrected chi connectivity index (χ1v) is 9.22. The topological polar surface area (TPSA) is 81.8 Å². The molecule has 0 spiro atoms. The van der Waals surface area contributed by atoms with Gasteiger partial charge in [-0.2, -0.15) is 23.4 Å². The third-order valence-corrected chi connectivity index (χ3v) is 4.66. The molecule has 0 aliphatic carbocycles. The van der Waals surface area contributed by atoms with Crippen molar-refractivity contribution in [1.82, 2.24) is 19.6 Å². The van der Waals surface area contributed by atoms with Gasteiger partial charge in [0, 0.05) is 11.1 Å². The number of hydrogen-bond acceptors (Lipinski definition) is 4. The number of carbonyl (C=O) groups excluding carboxylic acids is 1. The van der Waals surface area contributed by atoms with Gasteiger partial charge >= 0.3 is 6.18 Å². The highest BCUT2D eigenvalue weighted by molar-refractivity contribution is 5.90. The van der Waals surface area contributed by atoms with Crippen LogP contribution in [0.25, 0.3) is 16.6 Å². The predicted octanol–water partition coefficient (Wildman–Crippen LogP) is 3.55. The Bertz CT molecular complexity index is 1310. The summed E-state index contributed by atoms with van der Waals surface area (Å²) in [5.74, 6) is -0.598. The van der Waals surface area contributed by atoms with Crippen molar-refractivity contribution in [2.45, 2.75) is 19.6 Å². The number of alkyl halides is 3. The van der Waals surface area contributed by atoms with Crippen molar-refractivity contribution in [2.24, 2.45) is 0 Å². The van der Waals surface area contributed by atoms with Crippen LogP contribution in [0, 0.1) is 6.92 Å². The van der Waals surface area contributed by atoms with Gasteiger partial charge in [0.1, 0.15) is 12.1 Å². The molecule has 2 heterocycles. The lowest BCUT2D eigenvalue weighted by Gasteiger charge is -2.10. The summed E-state index contributed by atoms with van der Waals surface area (Å²) in [4.78, 5) is 25.4. The Labute approximate surface area is 173 Å². The molecule has 0 aliphatic rings. The van der Waals surface area contributed by atoms with Gasteiger partial charge < -0.3 is 5.32 Å². The minimum atomic E-state index is -4.46. The molecule has 0 fully saturated rings. The van der Waals surface area contributed by atoms with Crippen molar-refractivity contribution in [3.63, 3.8) is 0 Å². The average Bonchev–Trinajstić information content (AvgIpc) is 3.18. The molecule has 1 amide bonds. The highest BCUT2D eigenvalue weighted by atomic mass is 19.4. The van der Waals surface area contributed by atoms with Crippen LogP contribution >= 0.6 is 0 Å². The van der Waals surface area contributed by atoms with Crippen molar-refractivity contribution in [3.05, 3.63) is 82.4 Å². The van der Waals surface area contributed by atoms with Crippen LogP contribution in [0.5, 0.6) is 0 Å². The van der Waals surface area contributed by atoms with E-state index >= 15 is 0 Å². The number of nitrogens with zero attached hydrogens (tertiary/aromatic N) is 4. The minimum Gasteiger partial charge on any atom is -0.324 e. The fourth-order valence-corrected chi connectivity index (χ4v) is 3.17. The van der Waals surface area contributed by atoms with Crippen LogP contribution in [-0.2, 0) is 17.5 Å². The first-order valence-electron chi connectivity index (χ1n) is 9.22. The first kappa shape index (κ1) is 20.3. The molecule has 31 heavy (non-hydrogen) atoms. The Kier molecular flexibility index (Phi) is 5.05. The fourth-order valence-electron chi connectivity index (χ4n) is 3.17. The summed E-state index contributed by atoms with van der Waals surface area (Å²) in [7, 11) is 0. The number of hydrogen-bond donors (Lipinski definition) is 1. The van der Waals surface area contributed by atoms with Crippen LogP contribution in [-0.4, -0.2) is 25.5 Å². The molecule has 158 valence electrons. The van der Waals surface area contributed by atoms with Crippen molar-refractivity contribution >= 4 is 22.5 Å². The number of aryl methyl sites for hydroxylation is 1. The second-order valence-electron chi connectivity index (χ2n) is 6.83. The Morgan fingerprint density at radius 3 is 2.39 bits per heavy atom. The molecular formula is C21H16F3N5O2. The van der Waals surface area contributed by atoms with E-state index in [9.17, 15) is 22.8 Å². The molecule has 4 aromatic rings. The number of aromatic nitrogens is 4. The smallest absolute Gasteiger partial charge is 0.324 e. The van der Waals surface area contributed by atoms with Gasteiger partial charge in [-0.1, -0.05) is 18.2 Å². The van der Waals surface area contributed by atoms with Crippen molar-refractivity contribution in [1.29, 1.82) is 0 Å². The average molecular weight is 427 g/mol. The number of amides is 1. The molecule has 0 bridgehead atoms. The second-order valence-corrected chi connectivity index (χ2v) is 6.83. The summed E-state index contributed by atoms with van der Waals surface area (Å²) in [5, 5.41) is 11.5. The number of halogens is 3. The van der Waals surface area contributed by atoms with Gasteiger partial charge in [0.25, 0.3) is 5.56 Å². The molecule has 0 saturated heterocycles. The maximum atomic E-state index is 13.0. The Morgan fingerprint density at radius 2 is 1.74 bits per heavy atom. The predicted molar refractivity (Wildman–Crippen MR) is 108 cm³/mol. The zero-order chi connectivity index (χ0) is 22.2. The lowest BCUT2D eigenvalue weighted by Crippen LogP contribution is -2.31. The summed E-state index contributed by atoms with van der Waals surface area (Å²) in [5.41, 5.74) is 0.322. The van der Waals surface area contributed by atoms with Gasteiger partial charge in [-0.15, -0.1) is 0 Å². The standard InChI is InChI=1S/C21H16F3N5O2/c1-13-17-11-25-29(16-5-3-2-4-6-16)19(17)20(31)28(27-13)12-18(30)26-15-9-7-14(8-10-15)21(22,23)24/h2-11H,12H2,1H3,(H,26,30). The Morgan fingerprint density at radius 1 is 1.06 bits per heavy atom. The molecule has 1 N–H and O–H groups in total. The fraction of sp³-hybridized carbons (Fsp3) is 0.143. The molecule has 10 heteroatoms. The lowest BCUT2D eigenvalue weighted by molar-refractivity contribution is -0.137. The van der Waals surface area contributed by atoms with Crippen LogP contribution in [0.1, 0.15) is 11.3 Å². The van der Waals surface area contributed by atoms with E-state index in [1.165, 1.54) is 4.68 Å². The zero-order valence-corrected chi connectivity index (χ0v) is 16.2. The van der Waals surface area contributed by atoms with E-state index in [1.54, 1.807) is 25.3 Å². The molecule has 0 atom stereocenters. The van der Waals surface area contributed by atoms with Crippen LogP contribution in [0.3, 0.4) is 0 Å². The summed E-state index contributed by atoms with van der Waals surface area (Å²) < 4.78 is 40.5. The Balaban J connectivity index is 1.62. The summed E-state index contributed by atoms with van der Waals surface area (Å²) >= 11 is 0. The third kappa shape index (κ3) is 4.04. The van der Waals surface area contributed by atoms with Crippen LogP contribution in [0.4, 0.5) is 18.9 Å². The van der Waals surface area contributed by atoms with Gasteiger partial charge in [0.2, 0.25) is 5.91 Å². The largest absolute Gasteiger partial charge is 0.416 e. The van der Waals surface area contributed by atoms with Crippen molar-refractivity contribution < 1.29 is 18.0 Å². The summed E-state index contributed by atoms with van der Waals surface area (Å²) in [6.07, 6.45) is -2.92. The van der Waals surface area contributed by atoms with E-state index < -0.39 is 29.8 Å². The molecule has 2 aromatic heterocycles. The molecular weight excluding hydrogens is 411 g/mol. The first-order chi connectivity index (χ1) is 14.7. The van der Waals surface area contributed by atoms with Gasteiger partial charge in [-0.25, -0.2) is 9.36 Å². The maximum Gasteiger partial charge on any atom is 0.416 e. The van der Waals surface area contributed by atoms with Crippen molar-refractivity contribution in [3.8, 4) is 5.69 Å². The van der Waals surface area contributed by atoms with Gasteiger partial charge in [0.05, 0.1) is 23.1 Å². The molecule has 7 nitrogen and oxygen atoms in total. The molecule has 0 unspecified atom stereocenters. The Hall–Kier alpha value is -3.95. The van der Waals surface area contributed by atoms with E-state index in [0.717, 1.165) is 28.9 Å². The summed E-state index contributed by atoms with van der Waals surface area (Å²) in [6, 6.07) is 13.1. The van der Waals surface area contributed by atoms with E-state index in [2.05, 4.69) is 15.5 Å². The number of nitrogens with one attached hydrogen (secondary N) is 1. The van der Waals surface area contributed by atoms with Gasteiger partial charge in [0.15, 0.2) is 0 Å². The minimum absolute atomic E-state index is 0.179. The second kappa shape index (κ2) is 7.71. The van der Waals surface area contributed by atoms with Crippen LogP contribution in [0.2, 0.25) is 0 Å². The number of anilines is 1. The van der Waals surface area contributed by atoms with Crippen LogP contribution in [0.15, 0.2) is 65.6 Å². The van der Waals surface area contributed by atoms with E-state index in [1.807, 2.05) is 18.2 Å². The highest BCUT2D eigenvalue weighted by Crippen LogP contribution is 2.29. The summed E-state index contributed by atoms with van der Waals surface area (Å²) in [6.45, 7) is 1.29. The lowest BCUT2D eigenvalue weighted by atomic mass is 10.2. The highest BCUT2D eigenvalue weighted by Gasteiger charge is 2.30. The van der Waals surface area contributed by atoms with Crippen molar-refractivity contribution in [2.75, 3.05) is 5.32 Å². The van der Waals surface area contributed by atoms with Crippen LogP contribution < -0.4 is 10.9 Å². The normalized spacial score (nSPS) is 11.6. The molecule has 0 saturated carbocycles. The number of benzene rings is 2. The number of rotatable bonds is 4. The zero-order valence-electron chi connectivity index (χ0n) is 16.2. The van der Waals surface area contributed by atoms with E-state index in [4.69, 9.17) is 0 Å². The third-order valence-electron chi connectivity index (χ3n) is 4.66. The van der Waals surface area contributed by atoms with E-state index in [0.29, 0.717) is 16.8 Å². The maximum absolute atomic E-state index is 13.0. The van der Waals surface area contributed by atoms with Gasteiger partial charge in [-0.3, -0.25) is 9.59 Å². The number of para-hydroxylation sites is 1. The monoisotopic (exact) mass is 427 g/mol. The number of carbonyl (C=O) groups is 1. The van der Waals surface area contributed by atoms with E-state index in [-0.39, 0.29) is 11.2 Å². The number of fused-ring (bicyclic) bond motifs is 1. The SMILES string of the molecule is Cc1nn(CC(=O)Nc2ccc(C(F)(F)F)cc2)c(=O)c2c1cnn2-c1ccccc1. The molecule has 4 rings (SSSR count). The quantitative estimate of drug-likeness (QED) is 0.540. The van der Waals surface area contributed by atoms with Gasteiger partial charge in [-0.05, 0) is 43.3 Å².